The lowest BCUT2D eigenvalue weighted by Gasteiger charge is -2.08. The van der Waals surface area contributed by atoms with Crippen LogP contribution in [0.5, 0.6) is 5.88 Å². The molecule has 1 aromatic carbocycles. The number of esters is 1. The summed E-state index contributed by atoms with van der Waals surface area (Å²) in [5.74, 6) is -0.583. The van der Waals surface area contributed by atoms with Crippen molar-refractivity contribution in [1.82, 2.24) is 4.98 Å². The largest absolute Gasteiger partial charge is 0.465 e. The van der Waals surface area contributed by atoms with E-state index in [2.05, 4.69) is 14.5 Å². The first-order valence-corrected chi connectivity index (χ1v) is 5.46. The van der Waals surface area contributed by atoms with Crippen molar-refractivity contribution in [2.45, 2.75) is 13.5 Å². The maximum absolute atomic E-state index is 12.2. The fraction of sp³-hybridized carbons (Fsp3) is 0.231. The van der Waals surface area contributed by atoms with E-state index in [1.165, 1.54) is 13.2 Å². The number of aromatic nitrogens is 1. The summed E-state index contributed by atoms with van der Waals surface area (Å²) in [5.41, 5.74) is 1.31. The molecule has 0 fully saturated rings. The van der Waals surface area contributed by atoms with E-state index in [0.29, 0.717) is 22.0 Å². The molecule has 0 aliphatic rings. The Bertz CT molecular complexity index is 629. The van der Waals surface area contributed by atoms with Crippen LogP contribution in [0.4, 0.5) is 8.78 Å². The standard InChI is InChI=1S/C13H11F2NO3/c1-7-5-9-6-8(12(17)18-2)3-4-10(9)16-11(7)19-13(14)15/h3-6,13H,1-2H3. The number of hydrogen-bond acceptors (Lipinski definition) is 4. The number of fused-ring (bicyclic) bond motifs is 1. The van der Waals surface area contributed by atoms with Gasteiger partial charge in [0.1, 0.15) is 0 Å². The molecule has 4 nitrogen and oxygen atoms in total. The number of alkyl halides is 2. The Morgan fingerprint density at radius 2 is 2.05 bits per heavy atom. The van der Waals surface area contributed by atoms with E-state index in [1.807, 2.05) is 0 Å². The molecule has 0 N–H and O–H groups in total. The zero-order valence-corrected chi connectivity index (χ0v) is 10.3. The predicted octanol–water partition coefficient (Wildman–Crippen LogP) is 2.93. The minimum Gasteiger partial charge on any atom is -0.465 e. The molecular formula is C13H11F2NO3. The number of aryl methyl sites for hydroxylation is 1. The van der Waals surface area contributed by atoms with Crippen LogP contribution >= 0.6 is 0 Å². The lowest BCUT2D eigenvalue weighted by molar-refractivity contribution is -0.0531. The number of methoxy groups -OCH3 is 1. The molecular weight excluding hydrogens is 256 g/mol. The third-order valence-corrected chi connectivity index (χ3v) is 2.58. The van der Waals surface area contributed by atoms with Crippen LogP contribution in [0.3, 0.4) is 0 Å². The predicted molar refractivity (Wildman–Crippen MR) is 64.5 cm³/mol. The van der Waals surface area contributed by atoms with Gasteiger partial charge in [0.15, 0.2) is 0 Å². The first kappa shape index (κ1) is 13.2. The van der Waals surface area contributed by atoms with Gasteiger partial charge in [0.2, 0.25) is 5.88 Å². The van der Waals surface area contributed by atoms with E-state index in [4.69, 9.17) is 0 Å². The van der Waals surface area contributed by atoms with Crippen molar-refractivity contribution in [2.75, 3.05) is 7.11 Å². The Hall–Kier alpha value is -2.24. The minimum absolute atomic E-state index is 0.117. The number of ether oxygens (including phenoxy) is 2. The number of benzene rings is 1. The van der Waals surface area contributed by atoms with Gasteiger partial charge >= 0.3 is 12.6 Å². The van der Waals surface area contributed by atoms with Gasteiger partial charge in [0.25, 0.3) is 0 Å². The Kier molecular flexibility index (Phi) is 3.59. The minimum atomic E-state index is -2.92. The molecule has 2 rings (SSSR count). The summed E-state index contributed by atoms with van der Waals surface area (Å²) in [5, 5.41) is 0.655. The van der Waals surface area contributed by atoms with Crippen LogP contribution in [0.15, 0.2) is 24.3 Å². The summed E-state index contributed by atoms with van der Waals surface area (Å²) in [6, 6.07) is 6.29. The molecule has 2 aromatic rings. The number of nitrogens with zero attached hydrogens (tertiary/aromatic N) is 1. The summed E-state index contributed by atoms with van der Waals surface area (Å²) < 4.78 is 33.3. The maximum atomic E-state index is 12.2. The summed E-state index contributed by atoms with van der Waals surface area (Å²) in [4.78, 5) is 15.4. The van der Waals surface area contributed by atoms with Crippen molar-refractivity contribution in [1.29, 1.82) is 0 Å². The summed E-state index contributed by atoms with van der Waals surface area (Å²) in [6.45, 7) is -1.31. The van der Waals surface area contributed by atoms with Crippen molar-refractivity contribution < 1.29 is 23.0 Å². The van der Waals surface area contributed by atoms with Crippen molar-refractivity contribution in [3.05, 3.63) is 35.4 Å². The van der Waals surface area contributed by atoms with E-state index in [0.717, 1.165) is 0 Å². The van der Waals surface area contributed by atoms with Crippen molar-refractivity contribution >= 4 is 16.9 Å². The molecule has 0 atom stereocenters. The molecule has 0 radical (unpaired) electrons. The fourth-order valence-electron chi connectivity index (χ4n) is 1.71. The second-order valence-corrected chi connectivity index (χ2v) is 3.89. The zero-order valence-electron chi connectivity index (χ0n) is 10.3. The average molecular weight is 267 g/mol. The van der Waals surface area contributed by atoms with E-state index < -0.39 is 12.6 Å². The van der Waals surface area contributed by atoms with Crippen LogP contribution in [-0.2, 0) is 4.74 Å². The highest BCUT2D eigenvalue weighted by atomic mass is 19.3. The Labute approximate surface area is 108 Å². The molecule has 0 saturated carbocycles. The van der Waals surface area contributed by atoms with Gasteiger partial charge in [-0.25, -0.2) is 9.78 Å². The number of carbonyl (C=O) groups excluding carboxylic acids is 1. The van der Waals surface area contributed by atoms with Gasteiger partial charge in [-0.2, -0.15) is 8.78 Å². The molecule has 0 bridgehead atoms. The normalized spacial score (nSPS) is 10.8. The van der Waals surface area contributed by atoms with Crippen LogP contribution in [0.2, 0.25) is 0 Å². The van der Waals surface area contributed by atoms with E-state index in [-0.39, 0.29) is 5.88 Å². The monoisotopic (exact) mass is 267 g/mol. The Morgan fingerprint density at radius 1 is 1.32 bits per heavy atom. The lowest BCUT2D eigenvalue weighted by atomic mass is 10.1. The summed E-state index contributed by atoms with van der Waals surface area (Å²) in [7, 11) is 1.29. The molecule has 0 amide bonds. The van der Waals surface area contributed by atoms with Crippen LogP contribution in [0.25, 0.3) is 10.9 Å². The van der Waals surface area contributed by atoms with Crippen LogP contribution in [-0.4, -0.2) is 24.7 Å². The second kappa shape index (κ2) is 5.17. The Balaban J connectivity index is 2.49. The molecule has 1 heterocycles. The highest BCUT2D eigenvalue weighted by molar-refractivity contribution is 5.94. The third kappa shape index (κ3) is 2.78. The smallest absolute Gasteiger partial charge is 0.388 e. The molecule has 0 aliphatic heterocycles. The number of hydrogen-bond donors (Lipinski definition) is 0. The molecule has 0 unspecified atom stereocenters. The highest BCUT2D eigenvalue weighted by Gasteiger charge is 2.12. The topological polar surface area (TPSA) is 48.4 Å². The van der Waals surface area contributed by atoms with Gasteiger partial charge in [-0.1, -0.05) is 0 Å². The quantitative estimate of drug-likeness (QED) is 0.802. The van der Waals surface area contributed by atoms with E-state index >= 15 is 0 Å². The number of halogens is 2. The summed E-state index contributed by atoms with van der Waals surface area (Å²) >= 11 is 0. The van der Waals surface area contributed by atoms with Gasteiger partial charge in [-0.3, -0.25) is 0 Å². The molecule has 19 heavy (non-hydrogen) atoms. The molecule has 0 aliphatic carbocycles. The summed E-state index contributed by atoms with van der Waals surface area (Å²) in [6.07, 6.45) is 0. The van der Waals surface area contributed by atoms with Gasteiger partial charge in [-0.05, 0) is 31.2 Å². The first-order valence-electron chi connectivity index (χ1n) is 5.46. The molecule has 6 heteroatoms. The van der Waals surface area contributed by atoms with Gasteiger partial charge in [-0.15, -0.1) is 0 Å². The fourth-order valence-corrected chi connectivity index (χ4v) is 1.71. The molecule has 0 spiro atoms. The van der Waals surface area contributed by atoms with Crippen molar-refractivity contribution in [3.63, 3.8) is 0 Å². The number of pyridine rings is 1. The van der Waals surface area contributed by atoms with E-state index in [9.17, 15) is 13.6 Å². The lowest BCUT2D eigenvalue weighted by Crippen LogP contribution is -2.05. The van der Waals surface area contributed by atoms with Crippen LogP contribution in [0.1, 0.15) is 15.9 Å². The molecule has 100 valence electrons. The van der Waals surface area contributed by atoms with Crippen LogP contribution < -0.4 is 4.74 Å². The van der Waals surface area contributed by atoms with Crippen molar-refractivity contribution in [2.24, 2.45) is 0 Å². The van der Waals surface area contributed by atoms with E-state index in [1.54, 1.807) is 25.1 Å². The zero-order chi connectivity index (χ0) is 14.0. The van der Waals surface area contributed by atoms with Gasteiger partial charge in [0.05, 0.1) is 18.2 Å². The molecule has 0 saturated heterocycles. The third-order valence-electron chi connectivity index (χ3n) is 2.58. The molecule has 1 aromatic heterocycles. The van der Waals surface area contributed by atoms with Gasteiger partial charge < -0.3 is 9.47 Å². The highest BCUT2D eigenvalue weighted by Crippen LogP contribution is 2.24. The van der Waals surface area contributed by atoms with Crippen molar-refractivity contribution in [3.8, 4) is 5.88 Å². The average Bonchev–Trinajstić information content (AvgIpc) is 2.37. The second-order valence-electron chi connectivity index (χ2n) is 3.89. The SMILES string of the molecule is COC(=O)c1ccc2nc(OC(F)F)c(C)cc2c1. The number of rotatable bonds is 3. The van der Waals surface area contributed by atoms with Gasteiger partial charge in [0, 0.05) is 10.9 Å². The van der Waals surface area contributed by atoms with Crippen LogP contribution in [0, 0.1) is 6.92 Å². The number of carbonyl (C=O) groups is 1. The first-order chi connectivity index (χ1) is 9.01. The Morgan fingerprint density at radius 3 is 2.68 bits per heavy atom. The maximum Gasteiger partial charge on any atom is 0.388 e.